The maximum atomic E-state index is 12.4. The highest BCUT2D eigenvalue weighted by atomic mass is 32.2. The van der Waals surface area contributed by atoms with Gasteiger partial charge in [-0.2, -0.15) is 0 Å². The lowest BCUT2D eigenvalue weighted by atomic mass is 9.78. The first-order chi connectivity index (χ1) is 15.2. The molecule has 7 heteroatoms. The van der Waals surface area contributed by atoms with Crippen molar-refractivity contribution in [2.24, 2.45) is 17.6 Å². The van der Waals surface area contributed by atoms with Crippen molar-refractivity contribution in [3.63, 3.8) is 0 Å². The number of nitrogens with zero attached hydrogens (tertiary/aromatic N) is 2. The summed E-state index contributed by atoms with van der Waals surface area (Å²) in [5.74, 6) is 0.309. The summed E-state index contributed by atoms with van der Waals surface area (Å²) in [6.07, 6.45) is 5.93. The van der Waals surface area contributed by atoms with Crippen LogP contribution in [0.3, 0.4) is 0 Å². The molecule has 0 bridgehead atoms. The number of sulfone groups is 1. The lowest BCUT2D eigenvalue weighted by Gasteiger charge is -2.42. The Kier molecular flexibility index (Phi) is 7.00. The molecular weight excluding hydrogens is 422 g/mol. The number of aromatic nitrogens is 1. The number of aliphatic hydroxyl groups excluding tert-OH is 1. The minimum absolute atomic E-state index is 0.130. The lowest BCUT2D eigenvalue weighted by Crippen LogP contribution is -2.51. The number of nitrogens with two attached hydrogens (primary N) is 1. The highest BCUT2D eigenvalue weighted by molar-refractivity contribution is 7.91. The van der Waals surface area contributed by atoms with E-state index in [0.29, 0.717) is 18.9 Å². The Hall–Kier alpha value is -1.80. The molecule has 1 aromatic carbocycles. The second-order valence-corrected chi connectivity index (χ2v) is 11.9. The van der Waals surface area contributed by atoms with Gasteiger partial charge in [0.2, 0.25) is 0 Å². The largest absolute Gasteiger partial charge is 0.387 e. The minimum atomic E-state index is -3.36. The molecule has 4 rings (SSSR count). The smallest absolute Gasteiger partial charge is 0.163 e. The molecule has 3 unspecified atom stereocenters. The molecule has 1 fully saturated rings. The number of rotatable bonds is 5. The summed E-state index contributed by atoms with van der Waals surface area (Å²) in [5.41, 5.74) is 10.7. The van der Waals surface area contributed by atoms with Crippen LogP contribution in [0.2, 0.25) is 0 Å². The molecule has 0 amide bonds. The highest BCUT2D eigenvalue weighted by Crippen LogP contribution is 2.38. The van der Waals surface area contributed by atoms with E-state index in [4.69, 9.17) is 5.73 Å². The molecule has 6 nitrogen and oxygen atoms in total. The Bertz CT molecular complexity index is 1040. The van der Waals surface area contributed by atoms with Gasteiger partial charge in [0.25, 0.3) is 0 Å². The molecule has 32 heavy (non-hydrogen) atoms. The third kappa shape index (κ3) is 5.06. The molecule has 1 aliphatic heterocycles. The standard InChI is InChI=1S/C25H35N3O3S/c1-17-6-3-4-8-20(17)21-11-13-28(16-22(21)25(26)32(2,30)31)15-18-9-10-19-7-5-12-27-24(19)23(29)14-18/h3-8,12,18,21-23,25,29H,9-11,13-16,26H2,1-2H3/t18-,21?,22?,23+,25?/m1/s1. The first-order valence-corrected chi connectivity index (χ1v) is 13.5. The van der Waals surface area contributed by atoms with Crippen molar-refractivity contribution in [3.05, 3.63) is 65.0 Å². The number of aryl methyl sites for hydroxylation is 2. The van der Waals surface area contributed by atoms with Gasteiger partial charge in [0, 0.05) is 31.5 Å². The monoisotopic (exact) mass is 457 g/mol. The van der Waals surface area contributed by atoms with Gasteiger partial charge in [0.05, 0.1) is 11.8 Å². The van der Waals surface area contributed by atoms with Crippen LogP contribution in [0.5, 0.6) is 0 Å². The number of benzene rings is 1. The molecule has 1 aromatic heterocycles. The van der Waals surface area contributed by atoms with E-state index >= 15 is 0 Å². The van der Waals surface area contributed by atoms with Crippen molar-refractivity contribution in [1.29, 1.82) is 0 Å². The average Bonchev–Trinajstić information content (AvgIpc) is 2.92. The van der Waals surface area contributed by atoms with Crippen molar-refractivity contribution in [2.45, 2.75) is 50.0 Å². The number of hydrogen-bond donors (Lipinski definition) is 2. The summed E-state index contributed by atoms with van der Waals surface area (Å²) in [4.78, 5) is 6.78. The van der Waals surface area contributed by atoms with Crippen molar-refractivity contribution in [1.82, 2.24) is 9.88 Å². The first-order valence-electron chi connectivity index (χ1n) is 11.6. The van der Waals surface area contributed by atoms with Gasteiger partial charge in [-0.1, -0.05) is 30.3 Å². The molecule has 1 saturated heterocycles. The lowest BCUT2D eigenvalue weighted by molar-refractivity contribution is 0.0965. The molecule has 174 valence electrons. The van der Waals surface area contributed by atoms with E-state index in [-0.39, 0.29) is 11.8 Å². The average molecular weight is 458 g/mol. The minimum Gasteiger partial charge on any atom is -0.387 e. The van der Waals surface area contributed by atoms with Crippen molar-refractivity contribution in [3.8, 4) is 0 Å². The van der Waals surface area contributed by atoms with E-state index in [9.17, 15) is 13.5 Å². The maximum Gasteiger partial charge on any atom is 0.163 e. The zero-order valence-corrected chi connectivity index (χ0v) is 19.8. The van der Waals surface area contributed by atoms with E-state index in [1.807, 2.05) is 18.2 Å². The predicted octanol–water partition coefficient (Wildman–Crippen LogP) is 2.81. The van der Waals surface area contributed by atoms with Gasteiger partial charge in [-0.25, -0.2) is 8.42 Å². The van der Waals surface area contributed by atoms with E-state index in [2.05, 4.69) is 35.0 Å². The van der Waals surface area contributed by atoms with E-state index in [1.54, 1.807) is 6.20 Å². The molecular formula is C25H35N3O3S. The Morgan fingerprint density at radius 3 is 2.75 bits per heavy atom. The van der Waals surface area contributed by atoms with Crippen LogP contribution in [-0.2, 0) is 16.3 Å². The van der Waals surface area contributed by atoms with Crippen LogP contribution < -0.4 is 5.73 Å². The Labute approximate surface area is 191 Å². The van der Waals surface area contributed by atoms with Crippen molar-refractivity contribution in [2.75, 3.05) is 25.9 Å². The molecule has 1 aliphatic carbocycles. The van der Waals surface area contributed by atoms with Crippen LogP contribution in [0.25, 0.3) is 0 Å². The van der Waals surface area contributed by atoms with Crippen LogP contribution in [0, 0.1) is 18.8 Å². The molecule has 0 radical (unpaired) electrons. The third-order valence-corrected chi connectivity index (χ3v) is 8.72. The van der Waals surface area contributed by atoms with Crippen molar-refractivity contribution < 1.29 is 13.5 Å². The highest BCUT2D eigenvalue weighted by Gasteiger charge is 2.39. The summed E-state index contributed by atoms with van der Waals surface area (Å²) < 4.78 is 24.8. The SMILES string of the molecule is Cc1ccccc1C1CCN(C[C@@H]2CCc3cccnc3[C@@H](O)C2)CC1C(N)S(C)(=O)=O. The zero-order valence-electron chi connectivity index (χ0n) is 19.0. The topological polar surface area (TPSA) is 96.5 Å². The fraction of sp³-hybridized carbons (Fsp3) is 0.560. The second kappa shape index (κ2) is 9.59. The number of hydrogen-bond acceptors (Lipinski definition) is 6. The van der Waals surface area contributed by atoms with E-state index in [0.717, 1.165) is 43.6 Å². The van der Waals surface area contributed by atoms with Crippen LogP contribution in [0.4, 0.5) is 0 Å². The fourth-order valence-electron chi connectivity index (χ4n) is 5.66. The fourth-order valence-corrected chi connectivity index (χ4v) is 6.57. The molecule has 3 N–H and O–H groups in total. The number of fused-ring (bicyclic) bond motifs is 1. The summed E-state index contributed by atoms with van der Waals surface area (Å²) in [6, 6.07) is 12.2. The summed E-state index contributed by atoms with van der Waals surface area (Å²) in [5, 5.41) is 9.84. The first kappa shape index (κ1) is 23.4. The van der Waals surface area contributed by atoms with Crippen molar-refractivity contribution >= 4 is 9.84 Å². The normalized spacial score (nSPS) is 28.0. The Balaban J connectivity index is 1.50. The summed E-state index contributed by atoms with van der Waals surface area (Å²) in [7, 11) is -3.36. The quantitative estimate of drug-likeness (QED) is 0.670. The van der Waals surface area contributed by atoms with Crippen LogP contribution in [0.1, 0.15) is 53.7 Å². The molecule has 2 aromatic rings. The van der Waals surface area contributed by atoms with E-state index < -0.39 is 21.3 Å². The molecule has 0 saturated carbocycles. The van der Waals surface area contributed by atoms with Gasteiger partial charge in [0.15, 0.2) is 9.84 Å². The van der Waals surface area contributed by atoms with Crippen LogP contribution >= 0.6 is 0 Å². The Morgan fingerprint density at radius 1 is 1.22 bits per heavy atom. The second-order valence-electron chi connectivity index (χ2n) is 9.67. The maximum absolute atomic E-state index is 12.4. The third-order valence-electron chi connectivity index (χ3n) is 7.38. The number of likely N-dealkylation sites (tertiary alicyclic amines) is 1. The Morgan fingerprint density at radius 2 is 2.00 bits per heavy atom. The van der Waals surface area contributed by atoms with Gasteiger partial charge >= 0.3 is 0 Å². The molecule has 0 spiro atoms. The number of aliphatic hydroxyl groups is 1. The van der Waals surface area contributed by atoms with Gasteiger partial charge in [-0.3, -0.25) is 4.98 Å². The van der Waals surface area contributed by atoms with E-state index in [1.165, 1.54) is 17.4 Å². The van der Waals surface area contributed by atoms with Crippen LogP contribution in [-0.4, -0.2) is 54.7 Å². The molecule has 2 aliphatic rings. The van der Waals surface area contributed by atoms with Crippen LogP contribution in [0.15, 0.2) is 42.6 Å². The van der Waals surface area contributed by atoms with Gasteiger partial charge < -0.3 is 15.7 Å². The molecule has 5 atom stereocenters. The number of piperidine rings is 1. The predicted molar refractivity (Wildman–Crippen MR) is 127 cm³/mol. The zero-order chi connectivity index (χ0) is 22.9. The summed E-state index contributed by atoms with van der Waals surface area (Å²) in [6.45, 7) is 4.50. The van der Waals surface area contributed by atoms with Gasteiger partial charge in [0.1, 0.15) is 5.37 Å². The van der Waals surface area contributed by atoms with Gasteiger partial charge in [-0.15, -0.1) is 0 Å². The molecule has 2 heterocycles. The van der Waals surface area contributed by atoms with Gasteiger partial charge in [-0.05, 0) is 73.7 Å². The number of pyridine rings is 1. The summed E-state index contributed by atoms with van der Waals surface area (Å²) >= 11 is 0.